The summed E-state index contributed by atoms with van der Waals surface area (Å²) in [6.07, 6.45) is 4.61. The van der Waals surface area contributed by atoms with Gasteiger partial charge in [-0.05, 0) is 43.4 Å². The first kappa shape index (κ1) is 21.9. The Kier molecular flexibility index (Phi) is 7.82. The molecule has 6 nitrogen and oxygen atoms in total. The lowest BCUT2D eigenvalue weighted by Crippen LogP contribution is -2.35. The molecule has 1 atom stereocenters. The first-order valence-electron chi connectivity index (χ1n) is 9.84. The summed E-state index contributed by atoms with van der Waals surface area (Å²) in [5.74, 6) is 0.175. The van der Waals surface area contributed by atoms with E-state index >= 15 is 0 Å². The number of benzene rings is 1. The Morgan fingerprint density at radius 1 is 1.19 bits per heavy atom. The maximum atomic E-state index is 13.0. The van der Waals surface area contributed by atoms with Crippen LogP contribution in [0.5, 0.6) is 0 Å². The minimum Gasteiger partial charge on any atom is -0.342 e. The number of hydrogen-bond donors (Lipinski definition) is 1. The SMILES string of the molecule is CC(C)C(N)CCN(C)C(=O)c1cccc(S(=O)(=O)N2CCCCCC2)c1. The molecule has 1 heterocycles. The fourth-order valence-electron chi connectivity index (χ4n) is 3.22. The van der Waals surface area contributed by atoms with Gasteiger partial charge < -0.3 is 10.6 Å². The molecule has 1 amide bonds. The monoisotopic (exact) mass is 395 g/mol. The second-order valence-corrected chi connectivity index (χ2v) is 9.71. The molecule has 27 heavy (non-hydrogen) atoms. The van der Waals surface area contributed by atoms with Crippen LogP contribution in [-0.2, 0) is 10.0 Å². The molecular formula is C20H33N3O3S. The maximum Gasteiger partial charge on any atom is 0.253 e. The average molecular weight is 396 g/mol. The number of amides is 1. The van der Waals surface area contributed by atoms with Gasteiger partial charge in [-0.1, -0.05) is 32.8 Å². The highest BCUT2D eigenvalue weighted by Gasteiger charge is 2.26. The third-order valence-corrected chi connectivity index (χ3v) is 7.18. The third kappa shape index (κ3) is 5.77. The van der Waals surface area contributed by atoms with Gasteiger partial charge in [0, 0.05) is 38.3 Å². The Labute approximate surface area is 163 Å². The quantitative estimate of drug-likeness (QED) is 0.769. The van der Waals surface area contributed by atoms with Crippen molar-refractivity contribution in [2.75, 3.05) is 26.7 Å². The summed E-state index contributed by atoms with van der Waals surface area (Å²) in [4.78, 5) is 14.5. The van der Waals surface area contributed by atoms with Gasteiger partial charge in [0.1, 0.15) is 0 Å². The van der Waals surface area contributed by atoms with E-state index in [9.17, 15) is 13.2 Å². The standard InChI is InChI=1S/C20H33N3O3S/c1-16(2)19(21)11-14-22(3)20(24)17-9-8-10-18(15-17)27(25,26)23-12-6-4-5-7-13-23/h8-10,15-16,19H,4-7,11-14,21H2,1-3H3. The molecule has 0 saturated carbocycles. The zero-order chi connectivity index (χ0) is 20.0. The zero-order valence-corrected chi connectivity index (χ0v) is 17.5. The molecule has 0 aromatic heterocycles. The number of rotatable bonds is 7. The normalized spacial score (nSPS) is 17.5. The van der Waals surface area contributed by atoms with Crippen LogP contribution >= 0.6 is 0 Å². The minimum absolute atomic E-state index is 0.0370. The second-order valence-electron chi connectivity index (χ2n) is 7.77. The van der Waals surface area contributed by atoms with Crippen molar-refractivity contribution in [3.63, 3.8) is 0 Å². The fraction of sp³-hybridized carbons (Fsp3) is 0.650. The number of nitrogens with two attached hydrogens (primary N) is 1. The van der Waals surface area contributed by atoms with Crippen LogP contribution < -0.4 is 5.73 Å². The van der Waals surface area contributed by atoms with E-state index in [0.29, 0.717) is 37.5 Å². The Morgan fingerprint density at radius 3 is 2.41 bits per heavy atom. The lowest BCUT2D eigenvalue weighted by atomic mass is 10.0. The van der Waals surface area contributed by atoms with E-state index in [0.717, 1.165) is 25.7 Å². The van der Waals surface area contributed by atoms with Crippen LogP contribution in [-0.4, -0.2) is 56.3 Å². The molecule has 1 aliphatic rings. The van der Waals surface area contributed by atoms with Crippen molar-refractivity contribution in [2.45, 2.75) is 56.9 Å². The van der Waals surface area contributed by atoms with Crippen molar-refractivity contribution in [2.24, 2.45) is 11.7 Å². The van der Waals surface area contributed by atoms with E-state index in [1.165, 1.54) is 6.07 Å². The van der Waals surface area contributed by atoms with E-state index in [4.69, 9.17) is 5.73 Å². The summed E-state index contributed by atoms with van der Waals surface area (Å²) in [5, 5.41) is 0. The van der Waals surface area contributed by atoms with Crippen LogP contribution in [0.2, 0.25) is 0 Å². The first-order chi connectivity index (χ1) is 12.7. The van der Waals surface area contributed by atoms with Crippen LogP contribution in [0, 0.1) is 5.92 Å². The lowest BCUT2D eigenvalue weighted by molar-refractivity contribution is 0.0789. The van der Waals surface area contributed by atoms with E-state index in [1.807, 2.05) is 0 Å². The number of nitrogens with zero attached hydrogens (tertiary/aromatic N) is 2. The van der Waals surface area contributed by atoms with E-state index in [1.54, 1.807) is 34.5 Å². The summed E-state index contributed by atoms with van der Waals surface area (Å²) in [7, 11) is -1.83. The number of sulfonamides is 1. The molecule has 0 spiro atoms. The molecule has 0 bridgehead atoms. The highest BCUT2D eigenvalue weighted by Crippen LogP contribution is 2.21. The summed E-state index contributed by atoms with van der Waals surface area (Å²) < 4.78 is 27.5. The van der Waals surface area contributed by atoms with Crippen molar-refractivity contribution in [1.29, 1.82) is 0 Å². The van der Waals surface area contributed by atoms with Crippen LogP contribution in [0.25, 0.3) is 0 Å². The van der Waals surface area contributed by atoms with E-state index < -0.39 is 10.0 Å². The Balaban J connectivity index is 2.12. The maximum absolute atomic E-state index is 13.0. The fourth-order valence-corrected chi connectivity index (χ4v) is 4.78. The van der Waals surface area contributed by atoms with Crippen molar-refractivity contribution in [1.82, 2.24) is 9.21 Å². The predicted octanol–water partition coefficient (Wildman–Crippen LogP) is 2.70. The van der Waals surface area contributed by atoms with Crippen molar-refractivity contribution >= 4 is 15.9 Å². The molecule has 1 aromatic carbocycles. The Hall–Kier alpha value is -1.44. The van der Waals surface area contributed by atoms with Crippen LogP contribution in [0.4, 0.5) is 0 Å². The molecule has 0 radical (unpaired) electrons. The van der Waals surface area contributed by atoms with E-state index in [2.05, 4.69) is 13.8 Å². The van der Waals surface area contributed by atoms with Crippen LogP contribution in [0.3, 0.4) is 0 Å². The van der Waals surface area contributed by atoms with Gasteiger partial charge in [-0.3, -0.25) is 4.79 Å². The van der Waals surface area contributed by atoms with Crippen LogP contribution in [0.15, 0.2) is 29.2 Å². The number of hydrogen-bond acceptors (Lipinski definition) is 4. The van der Waals surface area contributed by atoms with Gasteiger partial charge in [-0.2, -0.15) is 4.31 Å². The second kappa shape index (κ2) is 9.66. The van der Waals surface area contributed by atoms with Gasteiger partial charge in [-0.25, -0.2) is 8.42 Å². The predicted molar refractivity (Wildman–Crippen MR) is 108 cm³/mol. The van der Waals surface area contributed by atoms with Gasteiger partial charge in [0.25, 0.3) is 5.91 Å². The topological polar surface area (TPSA) is 83.7 Å². The molecule has 7 heteroatoms. The molecule has 1 saturated heterocycles. The van der Waals surface area contributed by atoms with Gasteiger partial charge in [0.2, 0.25) is 10.0 Å². The van der Waals surface area contributed by atoms with Crippen LogP contribution in [0.1, 0.15) is 56.3 Å². The summed E-state index contributed by atoms with van der Waals surface area (Å²) in [6.45, 7) is 5.76. The minimum atomic E-state index is -3.56. The molecule has 1 aliphatic heterocycles. The molecule has 1 fully saturated rings. The summed E-state index contributed by atoms with van der Waals surface area (Å²) in [6, 6.07) is 6.43. The summed E-state index contributed by atoms with van der Waals surface area (Å²) >= 11 is 0. The molecule has 2 N–H and O–H groups in total. The largest absolute Gasteiger partial charge is 0.342 e. The first-order valence-corrected chi connectivity index (χ1v) is 11.3. The Bertz CT molecular complexity index is 726. The summed E-state index contributed by atoms with van der Waals surface area (Å²) in [5.41, 5.74) is 6.45. The van der Waals surface area contributed by atoms with Gasteiger partial charge in [-0.15, -0.1) is 0 Å². The van der Waals surface area contributed by atoms with Crippen molar-refractivity contribution in [3.05, 3.63) is 29.8 Å². The zero-order valence-electron chi connectivity index (χ0n) is 16.7. The Morgan fingerprint density at radius 2 is 1.81 bits per heavy atom. The van der Waals surface area contributed by atoms with E-state index in [-0.39, 0.29) is 16.8 Å². The van der Waals surface area contributed by atoms with Gasteiger partial charge >= 0.3 is 0 Å². The molecular weight excluding hydrogens is 362 g/mol. The highest BCUT2D eigenvalue weighted by molar-refractivity contribution is 7.89. The van der Waals surface area contributed by atoms with Gasteiger partial charge in [0.15, 0.2) is 0 Å². The smallest absolute Gasteiger partial charge is 0.253 e. The van der Waals surface area contributed by atoms with Gasteiger partial charge in [0.05, 0.1) is 4.90 Å². The lowest BCUT2D eigenvalue weighted by Gasteiger charge is -2.22. The highest BCUT2D eigenvalue weighted by atomic mass is 32.2. The average Bonchev–Trinajstić information content (AvgIpc) is 2.95. The molecule has 152 valence electrons. The number of carbonyl (C=O) groups is 1. The molecule has 1 aromatic rings. The molecule has 1 unspecified atom stereocenters. The van der Waals surface area contributed by atoms with Crippen molar-refractivity contribution in [3.8, 4) is 0 Å². The third-order valence-electron chi connectivity index (χ3n) is 5.28. The number of carbonyl (C=O) groups excluding carboxylic acids is 1. The molecule has 0 aliphatic carbocycles. The van der Waals surface area contributed by atoms with Crippen molar-refractivity contribution < 1.29 is 13.2 Å². The molecule has 2 rings (SSSR count).